The van der Waals surface area contributed by atoms with Crippen LogP contribution >= 0.6 is 0 Å². The summed E-state index contributed by atoms with van der Waals surface area (Å²) in [5.41, 5.74) is 7.02. The molecule has 0 amide bonds. The first-order valence-electron chi connectivity index (χ1n) is 16.3. The highest BCUT2D eigenvalue weighted by Crippen LogP contribution is 2.42. The predicted octanol–water partition coefficient (Wildman–Crippen LogP) is 7.07. The summed E-state index contributed by atoms with van der Waals surface area (Å²) in [6, 6.07) is 33.3. The highest BCUT2D eigenvalue weighted by molar-refractivity contribution is 7.94. The molecular formula is C38H42N4O2S. The Morgan fingerprint density at radius 2 is 1.00 bits per heavy atom. The number of hydrogen-bond donors (Lipinski definition) is 0. The zero-order valence-electron chi connectivity index (χ0n) is 25.9. The molecule has 0 N–H and O–H groups in total. The zero-order chi connectivity index (χ0) is 30.6. The Kier molecular flexibility index (Phi) is 8.74. The molecule has 0 fully saturated rings. The average Bonchev–Trinajstić information content (AvgIpc) is 3.09. The molecule has 0 spiro atoms. The molecule has 7 heteroatoms. The van der Waals surface area contributed by atoms with Gasteiger partial charge in [-0.25, -0.2) is 0 Å². The van der Waals surface area contributed by atoms with Crippen molar-refractivity contribution < 1.29 is 8.42 Å². The van der Waals surface area contributed by atoms with E-state index in [1.807, 2.05) is 24.3 Å². The molecule has 0 atom stereocenters. The van der Waals surface area contributed by atoms with Crippen molar-refractivity contribution >= 4 is 43.5 Å². The van der Waals surface area contributed by atoms with Crippen LogP contribution in [0.25, 0.3) is 21.9 Å². The Morgan fingerprint density at radius 1 is 0.533 bits per heavy atom. The topological polar surface area (TPSA) is 47.1 Å². The Bertz CT molecular complexity index is 1680. The molecule has 0 radical (unpaired) electrons. The van der Waals surface area contributed by atoms with Crippen molar-refractivity contribution in [1.82, 2.24) is 9.80 Å². The van der Waals surface area contributed by atoms with Gasteiger partial charge in [0, 0.05) is 57.7 Å². The fourth-order valence-corrected chi connectivity index (χ4v) is 8.85. The summed E-state index contributed by atoms with van der Waals surface area (Å²) in [5.74, 6) is 0. The van der Waals surface area contributed by atoms with Crippen molar-refractivity contribution in [1.29, 1.82) is 0 Å². The van der Waals surface area contributed by atoms with Crippen molar-refractivity contribution in [3.8, 4) is 0 Å². The predicted molar refractivity (Wildman–Crippen MR) is 188 cm³/mol. The van der Waals surface area contributed by atoms with Crippen LogP contribution in [-0.2, 0) is 10.2 Å². The van der Waals surface area contributed by atoms with Gasteiger partial charge in [0.1, 0.15) is 0 Å². The van der Waals surface area contributed by atoms with E-state index in [0.29, 0.717) is 13.1 Å². The molecule has 3 heterocycles. The van der Waals surface area contributed by atoms with Crippen LogP contribution in [-0.4, -0.2) is 70.6 Å². The molecule has 0 aliphatic carbocycles. The first-order valence-corrected chi connectivity index (χ1v) is 17.7. The zero-order valence-corrected chi connectivity index (χ0v) is 26.7. The van der Waals surface area contributed by atoms with Gasteiger partial charge in [-0.2, -0.15) is 8.42 Å². The molecule has 3 aliphatic heterocycles. The maximum Gasteiger partial charge on any atom is 0.326 e. The fraction of sp³-hybridized carbons (Fsp3) is 0.316. The Balaban J connectivity index is 1.02. The average molecular weight is 619 g/mol. The van der Waals surface area contributed by atoms with Gasteiger partial charge in [-0.15, -0.1) is 0 Å². The molecule has 45 heavy (non-hydrogen) atoms. The largest absolute Gasteiger partial charge is 0.326 e. The number of anilines is 2. The highest BCUT2D eigenvalue weighted by atomic mass is 32.2. The van der Waals surface area contributed by atoms with Crippen LogP contribution in [0.5, 0.6) is 0 Å². The number of hydrogen-bond acceptors (Lipinski definition) is 4. The highest BCUT2D eigenvalue weighted by Gasteiger charge is 2.37. The molecule has 232 valence electrons. The standard InChI is InChI=1S/C38H42N4O2S/c43-45(44)41(25-9-23-39-27-19-33(20-28-39)31-11-3-1-4-12-31)36-17-7-15-35-16-8-18-37(38(35)36)42(45)26-10-24-40-29-21-34(22-30-40)32-13-5-2-6-14-32/h1-8,11-19,21H,9-10,20,22-30H2. The van der Waals surface area contributed by atoms with Crippen molar-refractivity contribution in [2.75, 3.05) is 61.0 Å². The molecular weight excluding hydrogens is 577 g/mol. The first kappa shape index (κ1) is 29.8. The molecule has 0 aromatic heterocycles. The van der Waals surface area contributed by atoms with E-state index in [0.717, 1.165) is 87.1 Å². The minimum Gasteiger partial charge on any atom is -0.299 e. The van der Waals surface area contributed by atoms with Gasteiger partial charge in [0.2, 0.25) is 0 Å². The van der Waals surface area contributed by atoms with Gasteiger partial charge in [0.15, 0.2) is 0 Å². The van der Waals surface area contributed by atoms with Crippen LogP contribution in [0.3, 0.4) is 0 Å². The summed E-state index contributed by atoms with van der Waals surface area (Å²) < 4.78 is 31.9. The van der Waals surface area contributed by atoms with E-state index >= 15 is 0 Å². The smallest absolute Gasteiger partial charge is 0.299 e. The van der Waals surface area contributed by atoms with Crippen LogP contribution in [0.1, 0.15) is 36.8 Å². The number of nitrogens with zero attached hydrogens (tertiary/aromatic N) is 4. The second-order valence-corrected chi connectivity index (χ2v) is 14.1. The Hall–Kier alpha value is -3.91. The van der Waals surface area contributed by atoms with Crippen LogP contribution < -0.4 is 8.61 Å². The summed E-state index contributed by atoms with van der Waals surface area (Å²) in [6.07, 6.45) is 8.26. The van der Waals surface area contributed by atoms with E-state index in [1.165, 1.54) is 22.3 Å². The third kappa shape index (κ3) is 6.30. The van der Waals surface area contributed by atoms with Crippen molar-refractivity contribution in [3.05, 3.63) is 120 Å². The minimum absolute atomic E-state index is 0.469. The molecule has 0 bridgehead atoms. The SMILES string of the molecule is O=S1(=O)N(CCCN2CC=C(c3ccccc3)CC2)c2cccc3cccc(c23)N1CCCN1CC=C(c2ccccc2)CC1. The maximum atomic E-state index is 14.3. The first-order chi connectivity index (χ1) is 22.1. The van der Waals surface area contributed by atoms with E-state index in [-0.39, 0.29) is 0 Å². The van der Waals surface area contributed by atoms with E-state index < -0.39 is 10.2 Å². The van der Waals surface area contributed by atoms with Crippen LogP contribution in [0.15, 0.2) is 109 Å². The van der Waals surface area contributed by atoms with Gasteiger partial charge in [-0.1, -0.05) is 97.1 Å². The molecule has 0 saturated carbocycles. The lowest BCUT2D eigenvalue weighted by molar-refractivity contribution is 0.299. The second-order valence-electron chi connectivity index (χ2n) is 12.3. The molecule has 4 aromatic rings. The monoisotopic (exact) mass is 618 g/mol. The van der Waals surface area contributed by atoms with E-state index in [4.69, 9.17) is 0 Å². The molecule has 6 nitrogen and oxygen atoms in total. The maximum absolute atomic E-state index is 14.3. The fourth-order valence-electron chi connectivity index (χ4n) is 7.09. The van der Waals surface area contributed by atoms with Crippen molar-refractivity contribution in [2.24, 2.45) is 0 Å². The Labute approximate surface area is 268 Å². The molecule has 4 aromatic carbocycles. The van der Waals surface area contributed by atoms with Gasteiger partial charge < -0.3 is 0 Å². The third-order valence-corrected chi connectivity index (χ3v) is 11.4. The van der Waals surface area contributed by atoms with Gasteiger partial charge >= 0.3 is 10.2 Å². The second kappa shape index (κ2) is 13.2. The lowest BCUT2D eigenvalue weighted by Crippen LogP contribution is -2.48. The van der Waals surface area contributed by atoms with Crippen molar-refractivity contribution in [2.45, 2.75) is 25.7 Å². The Morgan fingerprint density at radius 3 is 1.42 bits per heavy atom. The lowest BCUT2D eigenvalue weighted by Gasteiger charge is -2.39. The van der Waals surface area contributed by atoms with Crippen LogP contribution in [0.2, 0.25) is 0 Å². The van der Waals surface area contributed by atoms with E-state index in [9.17, 15) is 8.42 Å². The van der Waals surface area contributed by atoms with E-state index in [1.54, 1.807) is 8.61 Å². The molecule has 0 saturated heterocycles. The third-order valence-electron chi connectivity index (χ3n) is 9.50. The molecule has 0 unspecified atom stereocenters. The summed E-state index contributed by atoms with van der Waals surface area (Å²) in [4.78, 5) is 4.87. The summed E-state index contributed by atoms with van der Waals surface area (Å²) in [7, 11) is -3.71. The molecule has 7 rings (SSSR count). The van der Waals surface area contributed by atoms with Gasteiger partial charge in [0.05, 0.1) is 11.4 Å². The van der Waals surface area contributed by atoms with Gasteiger partial charge in [-0.3, -0.25) is 18.4 Å². The van der Waals surface area contributed by atoms with Crippen LogP contribution in [0.4, 0.5) is 11.4 Å². The van der Waals surface area contributed by atoms with Crippen molar-refractivity contribution in [3.63, 3.8) is 0 Å². The minimum atomic E-state index is -3.71. The lowest BCUT2D eigenvalue weighted by atomic mass is 9.99. The van der Waals surface area contributed by atoms with Gasteiger partial charge in [0.25, 0.3) is 0 Å². The number of rotatable bonds is 10. The molecule has 3 aliphatic rings. The normalized spacial score (nSPS) is 18.6. The van der Waals surface area contributed by atoms with Crippen LogP contribution in [0, 0.1) is 0 Å². The summed E-state index contributed by atoms with van der Waals surface area (Å²) in [6.45, 7) is 6.48. The van der Waals surface area contributed by atoms with Gasteiger partial charge in [-0.05, 0) is 65.5 Å². The summed E-state index contributed by atoms with van der Waals surface area (Å²) >= 11 is 0. The quantitative estimate of drug-likeness (QED) is 0.191. The summed E-state index contributed by atoms with van der Waals surface area (Å²) in [5, 5.41) is 2.12. The van der Waals surface area contributed by atoms with E-state index in [2.05, 4.69) is 94.7 Å². The number of benzene rings is 4.